The number of hydrogen-bond acceptors (Lipinski definition) is 5. The van der Waals surface area contributed by atoms with Crippen LogP contribution in [0.4, 0.5) is 0 Å². The first-order valence-electron chi connectivity index (χ1n) is 6.54. The minimum atomic E-state index is -0.668. The molecule has 0 bridgehead atoms. The summed E-state index contributed by atoms with van der Waals surface area (Å²) < 4.78 is 5.50. The fourth-order valence-corrected chi connectivity index (χ4v) is 3.29. The molecule has 0 unspecified atom stereocenters. The molecule has 0 saturated carbocycles. The summed E-state index contributed by atoms with van der Waals surface area (Å²) in [6.07, 6.45) is 1.44. The van der Waals surface area contributed by atoms with Crippen LogP contribution in [0.5, 0.6) is 0 Å². The summed E-state index contributed by atoms with van der Waals surface area (Å²) in [6.45, 7) is 6.13. The normalized spacial score (nSPS) is 18.3. The van der Waals surface area contributed by atoms with Gasteiger partial charge in [-0.3, -0.25) is 4.79 Å². The van der Waals surface area contributed by atoms with Gasteiger partial charge in [0.05, 0.1) is 17.2 Å². The quantitative estimate of drug-likeness (QED) is 0.870. The molecule has 0 aromatic carbocycles. The number of carbonyl (C=O) groups excluding carboxylic acids is 1. The van der Waals surface area contributed by atoms with Crippen molar-refractivity contribution in [1.29, 1.82) is 0 Å². The van der Waals surface area contributed by atoms with Crippen LogP contribution in [0.2, 0.25) is 0 Å². The van der Waals surface area contributed by atoms with Gasteiger partial charge in [-0.05, 0) is 39.8 Å². The molecule has 5 nitrogen and oxygen atoms in total. The predicted molar refractivity (Wildman–Crippen MR) is 75.3 cm³/mol. The second-order valence-corrected chi connectivity index (χ2v) is 6.16. The van der Waals surface area contributed by atoms with Gasteiger partial charge < -0.3 is 15.4 Å². The summed E-state index contributed by atoms with van der Waals surface area (Å²) in [4.78, 5) is 17.8. The molecule has 0 aliphatic carbocycles. The van der Waals surface area contributed by atoms with Crippen LogP contribution in [0.3, 0.4) is 0 Å². The van der Waals surface area contributed by atoms with E-state index >= 15 is 0 Å². The zero-order valence-corrected chi connectivity index (χ0v) is 12.5. The lowest BCUT2D eigenvalue weighted by Crippen LogP contribution is -2.53. The highest BCUT2D eigenvalue weighted by atomic mass is 32.1. The number of thiazole rings is 1. The van der Waals surface area contributed by atoms with Crippen LogP contribution in [0.25, 0.3) is 0 Å². The molecule has 2 rings (SSSR count). The molecule has 1 fully saturated rings. The summed E-state index contributed by atoms with van der Waals surface area (Å²) in [7, 11) is 1.62. The van der Waals surface area contributed by atoms with Gasteiger partial charge in [0.2, 0.25) is 0 Å². The number of aromatic nitrogens is 1. The molecule has 6 heteroatoms. The van der Waals surface area contributed by atoms with Crippen LogP contribution in [-0.4, -0.2) is 36.7 Å². The number of amides is 1. The summed E-state index contributed by atoms with van der Waals surface area (Å²) in [6, 6.07) is 0. The molecule has 0 spiro atoms. The van der Waals surface area contributed by atoms with Crippen LogP contribution in [0.15, 0.2) is 0 Å². The van der Waals surface area contributed by atoms with Gasteiger partial charge in [-0.15, -0.1) is 11.3 Å². The van der Waals surface area contributed by atoms with Crippen molar-refractivity contribution in [3.63, 3.8) is 0 Å². The van der Waals surface area contributed by atoms with Gasteiger partial charge in [0.25, 0.3) is 5.91 Å². The van der Waals surface area contributed by atoms with Crippen LogP contribution < -0.4 is 10.6 Å². The largest absolute Gasteiger partial charge is 0.368 e. The summed E-state index contributed by atoms with van der Waals surface area (Å²) in [5, 5.41) is 7.27. The zero-order valence-electron chi connectivity index (χ0n) is 11.7. The van der Waals surface area contributed by atoms with Crippen LogP contribution in [0.1, 0.15) is 28.4 Å². The molecule has 2 heterocycles. The molecule has 1 aromatic heterocycles. The molecular weight excluding hydrogens is 262 g/mol. The maximum absolute atomic E-state index is 12.4. The van der Waals surface area contributed by atoms with Gasteiger partial charge in [0.15, 0.2) is 0 Å². The Morgan fingerprint density at radius 1 is 1.47 bits per heavy atom. The maximum atomic E-state index is 12.4. The van der Waals surface area contributed by atoms with Crippen LogP contribution >= 0.6 is 11.3 Å². The predicted octanol–water partition coefficient (Wildman–Crippen LogP) is 1.14. The Kier molecular flexibility index (Phi) is 4.54. The third-order valence-electron chi connectivity index (χ3n) is 3.62. The molecule has 1 amide bonds. The van der Waals surface area contributed by atoms with Crippen molar-refractivity contribution in [2.45, 2.75) is 38.8 Å². The van der Waals surface area contributed by atoms with E-state index in [0.29, 0.717) is 6.54 Å². The van der Waals surface area contributed by atoms with E-state index in [1.165, 1.54) is 0 Å². The number of hydrogen-bond donors (Lipinski definition) is 2. The number of aryl methyl sites for hydroxylation is 2. The monoisotopic (exact) mass is 283 g/mol. The van der Waals surface area contributed by atoms with Crippen molar-refractivity contribution in [3.8, 4) is 0 Å². The highest BCUT2D eigenvalue weighted by Crippen LogP contribution is 2.23. The second kappa shape index (κ2) is 5.98. The fourth-order valence-electron chi connectivity index (χ4n) is 2.41. The van der Waals surface area contributed by atoms with Crippen molar-refractivity contribution in [2.24, 2.45) is 0 Å². The topological polar surface area (TPSA) is 63.2 Å². The summed E-state index contributed by atoms with van der Waals surface area (Å²) in [5.74, 6) is -0.0121. The Hall–Kier alpha value is -0.980. The average Bonchev–Trinajstić information content (AvgIpc) is 2.75. The number of ether oxygens (including phenoxy) is 1. The Morgan fingerprint density at radius 3 is 2.68 bits per heavy atom. The number of carbonyl (C=O) groups is 1. The lowest BCUT2D eigenvalue weighted by molar-refractivity contribution is -0.146. The molecular formula is C13H21N3O2S. The van der Waals surface area contributed by atoms with Crippen molar-refractivity contribution in [1.82, 2.24) is 15.6 Å². The second-order valence-electron chi connectivity index (χ2n) is 4.87. The van der Waals surface area contributed by atoms with Gasteiger partial charge >= 0.3 is 0 Å². The number of nitrogens with zero attached hydrogens (tertiary/aromatic N) is 1. The third-order valence-corrected chi connectivity index (χ3v) is 4.70. The van der Waals surface area contributed by atoms with Gasteiger partial charge in [-0.1, -0.05) is 0 Å². The lowest BCUT2D eigenvalue weighted by atomic mass is 9.91. The Bertz CT molecular complexity index is 453. The molecule has 1 aliphatic rings. The average molecular weight is 283 g/mol. The van der Waals surface area contributed by atoms with Crippen LogP contribution in [0, 0.1) is 13.8 Å². The van der Waals surface area contributed by atoms with E-state index in [4.69, 9.17) is 4.74 Å². The van der Waals surface area contributed by atoms with E-state index in [1.54, 1.807) is 18.4 Å². The summed E-state index contributed by atoms with van der Waals surface area (Å²) in [5.41, 5.74) is 0.332. The van der Waals surface area contributed by atoms with E-state index in [0.717, 1.165) is 41.5 Å². The van der Waals surface area contributed by atoms with Gasteiger partial charge in [-0.25, -0.2) is 4.98 Å². The van der Waals surface area contributed by atoms with Gasteiger partial charge in [0, 0.05) is 12.0 Å². The number of piperidine rings is 1. The first-order chi connectivity index (χ1) is 9.07. The Labute approximate surface area is 117 Å². The minimum Gasteiger partial charge on any atom is -0.368 e. The molecule has 19 heavy (non-hydrogen) atoms. The van der Waals surface area contributed by atoms with Crippen LogP contribution in [-0.2, 0) is 16.1 Å². The van der Waals surface area contributed by atoms with Crippen molar-refractivity contribution in [3.05, 3.63) is 15.6 Å². The molecule has 1 aromatic rings. The van der Waals surface area contributed by atoms with E-state index < -0.39 is 5.60 Å². The third kappa shape index (κ3) is 3.13. The number of methoxy groups -OCH3 is 1. The lowest BCUT2D eigenvalue weighted by Gasteiger charge is -2.34. The number of rotatable bonds is 4. The number of nitrogens with one attached hydrogen (secondary N) is 2. The SMILES string of the molecule is COC1(C(=O)NCc2sc(C)nc2C)CCNCC1. The molecule has 0 atom stereocenters. The van der Waals surface area contributed by atoms with E-state index in [2.05, 4.69) is 15.6 Å². The van der Waals surface area contributed by atoms with Gasteiger partial charge in [0.1, 0.15) is 5.60 Å². The Morgan fingerprint density at radius 2 is 2.16 bits per heavy atom. The molecule has 0 radical (unpaired) electrons. The molecule has 1 saturated heterocycles. The van der Waals surface area contributed by atoms with E-state index in [-0.39, 0.29) is 5.91 Å². The van der Waals surface area contributed by atoms with Crippen molar-refractivity contribution in [2.75, 3.05) is 20.2 Å². The smallest absolute Gasteiger partial charge is 0.252 e. The maximum Gasteiger partial charge on any atom is 0.252 e. The van der Waals surface area contributed by atoms with E-state index in [9.17, 15) is 4.79 Å². The fraction of sp³-hybridized carbons (Fsp3) is 0.692. The van der Waals surface area contributed by atoms with Gasteiger partial charge in [-0.2, -0.15) is 0 Å². The highest BCUT2D eigenvalue weighted by molar-refractivity contribution is 7.11. The van der Waals surface area contributed by atoms with E-state index in [1.807, 2.05) is 13.8 Å². The molecule has 106 valence electrons. The van der Waals surface area contributed by atoms with Crippen molar-refractivity contribution < 1.29 is 9.53 Å². The molecule has 2 N–H and O–H groups in total. The van der Waals surface area contributed by atoms with Crippen molar-refractivity contribution >= 4 is 17.2 Å². The Balaban J connectivity index is 1.98. The summed E-state index contributed by atoms with van der Waals surface area (Å²) >= 11 is 1.63. The minimum absolute atomic E-state index is 0.0121. The standard InChI is InChI=1S/C13H21N3O2S/c1-9-11(19-10(2)16-9)8-15-12(17)13(18-3)4-6-14-7-5-13/h14H,4-8H2,1-3H3,(H,15,17). The first kappa shape index (κ1) is 14.4. The zero-order chi connectivity index (χ0) is 13.9. The highest BCUT2D eigenvalue weighted by Gasteiger charge is 2.39. The molecule has 1 aliphatic heterocycles. The first-order valence-corrected chi connectivity index (χ1v) is 7.36.